The number of anilines is 2. The number of nitrogens with zero attached hydrogens (tertiary/aromatic N) is 3. The fourth-order valence-electron chi connectivity index (χ4n) is 3.15. The number of benzene rings is 1. The number of nitrogens with one attached hydrogen (secondary N) is 2. The van der Waals surface area contributed by atoms with Gasteiger partial charge in [0.05, 0.1) is 22.6 Å². The second-order valence-electron chi connectivity index (χ2n) is 7.25. The van der Waals surface area contributed by atoms with Crippen molar-refractivity contribution in [2.75, 3.05) is 23.3 Å². The summed E-state index contributed by atoms with van der Waals surface area (Å²) in [4.78, 5) is 19.1. The van der Waals surface area contributed by atoms with Crippen molar-refractivity contribution in [1.82, 2.24) is 15.2 Å². The molecule has 0 spiro atoms. The molecule has 1 saturated heterocycles. The van der Waals surface area contributed by atoms with Crippen LogP contribution in [0.15, 0.2) is 36.4 Å². The molecule has 0 atom stereocenters. The Kier molecular flexibility index (Phi) is 5.30. The van der Waals surface area contributed by atoms with Gasteiger partial charge in [0.1, 0.15) is 11.4 Å². The minimum atomic E-state index is -4.41. The molecule has 0 radical (unpaired) electrons. The summed E-state index contributed by atoms with van der Waals surface area (Å²) >= 11 is 0. The van der Waals surface area contributed by atoms with Crippen LogP contribution in [0.25, 0.3) is 0 Å². The monoisotopic (exact) mass is 431 g/mol. The predicted octanol–water partition coefficient (Wildman–Crippen LogP) is 4.70. The Morgan fingerprint density at radius 3 is 2.39 bits per heavy atom. The van der Waals surface area contributed by atoms with Crippen molar-refractivity contribution in [3.63, 3.8) is 0 Å². The molecule has 0 saturated carbocycles. The number of amides is 1. The molecular weight excluding hydrogens is 411 g/mol. The molecule has 1 aliphatic heterocycles. The molecule has 2 aromatic heterocycles. The highest BCUT2D eigenvalue weighted by Crippen LogP contribution is 2.35. The van der Waals surface area contributed by atoms with Crippen LogP contribution >= 0.6 is 0 Å². The maximum absolute atomic E-state index is 12.8. The number of alkyl halides is 3. The maximum atomic E-state index is 12.8. The Bertz CT molecular complexity index is 1090. The standard InChI is InChI=1S/C21H20F3N5O2/c1-12-18(13(2)28-27-12)26-20(30)16-8-9-17(19(25-16)29-10-3-11-29)31-15-6-4-14(5-7-15)21(22,23)24/h4-9H,3,10-11H2,1-2H3,(H,26,30)(H,27,28). The average molecular weight is 431 g/mol. The van der Waals surface area contributed by atoms with Gasteiger partial charge in [-0.3, -0.25) is 9.89 Å². The smallest absolute Gasteiger partial charge is 0.416 e. The van der Waals surface area contributed by atoms with Crippen LogP contribution in [0.4, 0.5) is 24.7 Å². The first kappa shape index (κ1) is 20.7. The lowest BCUT2D eigenvalue weighted by atomic mass is 10.2. The number of aromatic amines is 1. The fourth-order valence-corrected chi connectivity index (χ4v) is 3.15. The van der Waals surface area contributed by atoms with Gasteiger partial charge >= 0.3 is 6.18 Å². The lowest BCUT2D eigenvalue weighted by Crippen LogP contribution is -2.38. The van der Waals surface area contributed by atoms with Gasteiger partial charge in [-0.2, -0.15) is 18.3 Å². The summed E-state index contributed by atoms with van der Waals surface area (Å²) < 4.78 is 44.1. The van der Waals surface area contributed by atoms with E-state index in [1.807, 2.05) is 4.90 Å². The summed E-state index contributed by atoms with van der Waals surface area (Å²) in [5.74, 6) is 0.694. The number of carbonyl (C=O) groups excluding carboxylic acids is 1. The van der Waals surface area contributed by atoms with E-state index < -0.39 is 17.6 Å². The van der Waals surface area contributed by atoms with Crippen molar-refractivity contribution in [1.29, 1.82) is 0 Å². The van der Waals surface area contributed by atoms with Crippen LogP contribution in [0.3, 0.4) is 0 Å². The SMILES string of the molecule is Cc1n[nH]c(C)c1NC(=O)c1ccc(Oc2ccc(C(F)(F)F)cc2)c(N2CCC2)n1. The number of carbonyl (C=O) groups is 1. The minimum Gasteiger partial charge on any atom is -0.453 e. The van der Waals surface area contributed by atoms with Gasteiger partial charge in [-0.15, -0.1) is 0 Å². The van der Waals surface area contributed by atoms with Gasteiger partial charge in [0.2, 0.25) is 0 Å². The second kappa shape index (κ2) is 7.93. The average Bonchev–Trinajstić information content (AvgIpc) is 2.99. The molecule has 1 aliphatic rings. The molecule has 4 rings (SSSR count). The molecule has 2 N–H and O–H groups in total. The number of halogens is 3. The third-order valence-electron chi connectivity index (χ3n) is 5.00. The molecule has 1 amide bonds. The van der Waals surface area contributed by atoms with E-state index >= 15 is 0 Å². The van der Waals surface area contributed by atoms with Crippen LogP contribution in [0.5, 0.6) is 11.5 Å². The van der Waals surface area contributed by atoms with Gasteiger partial charge < -0.3 is 15.0 Å². The van der Waals surface area contributed by atoms with E-state index in [0.717, 1.165) is 37.3 Å². The van der Waals surface area contributed by atoms with Crippen molar-refractivity contribution >= 4 is 17.4 Å². The second-order valence-corrected chi connectivity index (χ2v) is 7.25. The molecule has 3 aromatic rings. The molecule has 0 bridgehead atoms. The summed E-state index contributed by atoms with van der Waals surface area (Å²) in [6.07, 6.45) is -3.44. The van der Waals surface area contributed by atoms with E-state index in [2.05, 4.69) is 20.5 Å². The summed E-state index contributed by atoms with van der Waals surface area (Å²) in [6, 6.07) is 7.56. The zero-order valence-corrected chi connectivity index (χ0v) is 16.9. The third-order valence-corrected chi connectivity index (χ3v) is 5.00. The van der Waals surface area contributed by atoms with Crippen molar-refractivity contribution in [2.45, 2.75) is 26.4 Å². The summed E-state index contributed by atoms with van der Waals surface area (Å²) in [6.45, 7) is 5.08. The van der Waals surface area contributed by atoms with Crippen molar-refractivity contribution in [3.8, 4) is 11.5 Å². The molecule has 1 aromatic carbocycles. The molecule has 3 heterocycles. The van der Waals surface area contributed by atoms with Crippen LogP contribution in [-0.4, -0.2) is 34.2 Å². The number of hydrogen-bond acceptors (Lipinski definition) is 5. The Morgan fingerprint density at radius 1 is 1.13 bits per heavy atom. The van der Waals surface area contributed by atoms with E-state index in [-0.39, 0.29) is 11.4 Å². The van der Waals surface area contributed by atoms with E-state index in [1.165, 1.54) is 18.2 Å². The first-order chi connectivity index (χ1) is 14.7. The number of pyridine rings is 1. The molecule has 0 aliphatic carbocycles. The lowest BCUT2D eigenvalue weighted by molar-refractivity contribution is -0.137. The Labute approximate surface area is 176 Å². The van der Waals surface area contributed by atoms with Gasteiger partial charge in [-0.1, -0.05) is 0 Å². The highest BCUT2D eigenvalue weighted by atomic mass is 19.4. The molecule has 10 heteroatoms. The van der Waals surface area contributed by atoms with E-state index in [1.54, 1.807) is 19.9 Å². The highest BCUT2D eigenvalue weighted by Gasteiger charge is 2.30. The number of hydrogen-bond donors (Lipinski definition) is 2. The van der Waals surface area contributed by atoms with Crippen LogP contribution < -0.4 is 15.0 Å². The number of ether oxygens (including phenoxy) is 1. The first-order valence-corrected chi connectivity index (χ1v) is 9.66. The molecular formula is C21H20F3N5O2. The van der Waals surface area contributed by atoms with Crippen molar-refractivity contribution < 1.29 is 22.7 Å². The predicted molar refractivity (Wildman–Crippen MR) is 109 cm³/mol. The molecule has 31 heavy (non-hydrogen) atoms. The van der Waals surface area contributed by atoms with Gasteiger partial charge in [-0.25, -0.2) is 4.98 Å². The number of aryl methyl sites for hydroxylation is 2. The fraction of sp³-hybridized carbons (Fsp3) is 0.286. The van der Waals surface area contributed by atoms with Gasteiger partial charge in [0.25, 0.3) is 5.91 Å². The van der Waals surface area contributed by atoms with Crippen molar-refractivity contribution in [3.05, 3.63) is 59.0 Å². The number of aromatic nitrogens is 3. The van der Waals surface area contributed by atoms with Gasteiger partial charge in [0.15, 0.2) is 11.6 Å². The molecule has 0 unspecified atom stereocenters. The maximum Gasteiger partial charge on any atom is 0.416 e. The Balaban J connectivity index is 1.58. The normalized spacial score (nSPS) is 13.6. The summed E-state index contributed by atoms with van der Waals surface area (Å²) in [7, 11) is 0. The Morgan fingerprint density at radius 2 is 1.84 bits per heavy atom. The largest absolute Gasteiger partial charge is 0.453 e. The molecule has 1 fully saturated rings. The first-order valence-electron chi connectivity index (χ1n) is 9.66. The van der Waals surface area contributed by atoms with Crippen LogP contribution in [0.2, 0.25) is 0 Å². The molecule has 7 nitrogen and oxygen atoms in total. The zero-order valence-electron chi connectivity index (χ0n) is 16.9. The molecule has 162 valence electrons. The third kappa shape index (κ3) is 4.32. The van der Waals surface area contributed by atoms with Crippen molar-refractivity contribution in [2.24, 2.45) is 0 Å². The van der Waals surface area contributed by atoms with Crippen LogP contribution in [-0.2, 0) is 6.18 Å². The van der Waals surface area contributed by atoms with E-state index in [9.17, 15) is 18.0 Å². The number of rotatable bonds is 5. The lowest BCUT2D eigenvalue weighted by Gasteiger charge is -2.33. The topological polar surface area (TPSA) is 83.1 Å². The van der Waals surface area contributed by atoms with Gasteiger partial charge in [0, 0.05) is 13.1 Å². The summed E-state index contributed by atoms with van der Waals surface area (Å²) in [5.41, 5.74) is 1.44. The quantitative estimate of drug-likeness (QED) is 0.612. The summed E-state index contributed by atoms with van der Waals surface area (Å²) in [5, 5.41) is 9.67. The zero-order chi connectivity index (χ0) is 22.2. The van der Waals surface area contributed by atoms with Crippen LogP contribution in [0, 0.1) is 13.8 Å². The van der Waals surface area contributed by atoms with Crippen LogP contribution in [0.1, 0.15) is 33.9 Å². The van der Waals surface area contributed by atoms with E-state index in [4.69, 9.17) is 4.74 Å². The highest BCUT2D eigenvalue weighted by molar-refractivity contribution is 6.03. The minimum absolute atomic E-state index is 0.196. The Hall–Kier alpha value is -3.56. The number of H-pyrrole nitrogens is 1. The van der Waals surface area contributed by atoms with Gasteiger partial charge in [-0.05, 0) is 56.7 Å². The van der Waals surface area contributed by atoms with E-state index in [0.29, 0.717) is 22.9 Å².